The lowest BCUT2D eigenvalue weighted by molar-refractivity contribution is 0.362. The molecule has 0 aromatic rings. The Morgan fingerprint density at radius 3 is 2.73 bits per heavy atom. The second-order valence-electron chi connectivity index (χ2n) is 4.10. The zero-order chi connectivity index (χ0) is 7.84. The van der Waals surface area contributed by atoms with Crippen molar-refractivity contribution >= 4 is 0 Å². The number of rotatable bonds is 0. The van der Waals surface area contributed by atoms with E-state index in [4.69, 9.17) is 0 Å². The summed E-state index contributed by atoms with van der Waals surface area (Å²) in [5, 5.41) is 0. The van der Waals surface area contributed by atoms with E-state index in [0.29, 0.717) is 0 Å². The van der Waals surface area contributed by atoms with Crippen LogP contribution in [-0.4, -0.2) is 0 Å². The smallest absolute Gasteiger partial charge is 0.0130 e. The summed E-state index contributed by atoms with van der Waals surface area (Å²) in [5.74, 6) is 1.81. The van der Waals surface area contributed by atoms with Crippen molar-refractivity contribution < 1.29 is 0 Å². The third-order valence-corrected chi connectivity index (χ3v) is 3.22. The maximum absolute atomic E-state index is 2.38. The number of allylic oxidation sites excluding steroid dienone is 4. The van der Waals surface area contributed by atoms with E-state index < -0.39 is 0 Å². The second-order valence-corrected chi connectivity index (χ2v) is 4.10. The molecular formula is C11H16. The highest BCUT2D eigenvalue weighted by atomic mass is 14.3. The first-order chi connectivity index (χ1) is 5.27. The molecule has 0 heterocycles. The molecule has 2 rings (SSSR count). The summed E-state index contributed by atoms with van der Waals surface area (Å²) in [6.07, 6.45) is 8.57. The van der Waals surface area contributed by atoms with E-state index >= 15 is 0 Å². The fraction of sp³-hybridized carbons (Fsp3) is 0.636. The van der Waals surface area contributed by atoms with Gasteiger partial charge in [0.05, 0.1) is 0 Å². The minimum atomic E-state index is 0.900. The van der Waals surface area contributed by atoms with Crippen molar-refractivity contribution in [2.75, 3.05) is 0 Å². The summed E-state index contributed by atoms with van der Waals surface area (Å²) in [5.41, 5.74) is 3.37. The van der Waals surface area contributed by atoms with E-state index in [2.05, 4.69) is 26.0 Å². The predicted molar refractivity (Wildman–Crippen MR) is 48.3 cm³/mol. The molecule has 0 fully saturated rings. The van der Waals surface area contributed by atoms with Crippen molar-refractivity contribution in [3.05, 3.63) is 23.3 Å². The molecule has 0 N–H and O–H groups in total. The number of hydrogen-bond donors (Lipinski definition) is 0. The second kappa shape index (κ2) is 2.51. The molecule has 0 aromatic carbocycles. The molecule has 60 valence electrons. The van der Waals surface area contributed by atoms with E-state index in [1.54, 1.807) is 11.1 Å². The van der Waals surface area contributed by atoms with E-state index in [9.17, 15) is 0 Å². The zero-order valence-corrected chi connectivity index (χ0v) is 7.43. The summed E-state index contributed by atoms with van der Waals surface area (Å²) < 4.78 is 0. The van der Waals surface area contributed by atoms with Crippen LogP contribution in [-0.2, 0) is 0 Å². The Labute approximate surface area is 69.0 Å². The highest BCUT2D eigenvalue weighted by molar-refractivity contribution is 5.36. The highest BCUT2D eigenvalue weighted by Gasteiger charge is 2.23. The van der Waals surface area contributed by atoms with Gasteiger partial charge in [0.25, 0.3) is 0 Å². The van der Waals surface area contributed by atoms with Crippen molar-refractivity contribution in [1.82, 2.24) is 0 Å². The third-order valence-electron chi connectivity index (χ3n) is 3.22. The third kappa shape index (κ3) is 1.15. The molecule has 0 nitrogen and oxygen atoms in total. The first kappa shape index (κ1) is 7.15. The molecule has 2 aliphatic carbocycles. The summed E-state index contributed by atoms with van der Waals surface area (Å²) in [4.78, 5) is 0. The van der Waals surface area contributed by atoms with Crippen LogP contribution >= 0.6 is 0 Å². The molecular weight excluding hydrogens is 132 g/mol. The number of hydrogen-bond acceptors (Lipinski definition) is 0. The molecule has 0 spiro atoms. The standard InChI is InChI=1S/C11H16/c1-8-6-10-4-3-5-11(10)7-9(8)2/h3-4,8-9H,5-7H2,1-2H3/t8-,9+/m1/s1. The average Bonchev–Trinajstić information content (AvgIpc) is 2.36. The fourth-order valence-electron chi connectivity index (χ4n) is 2.16. The van der Waals surface area contributed by atoms with Crippen molar-refractivity contribution in [3.63, 3.8) is 0 Å². The van der Waals surface area contributed by atoms with Crippen molar-refractivity contribution in [3.8, 4) is 0 Å². The molecule has 0 heteroatoms. The normalized spacial score (nSPS) is 36.2. The maximum Gasteiger partial charge on any atom is -0.0130 e. The van der Waals surface area contributed by atoms with Crippen molar-refractivity contribution in [2.24, 2.45) is 11.8 Å². The van der Waals surface area contributed by atoms with Gasteiger partial charge in [-0.05, 0) is 36.7 Å². The van der Waals surface area contributed by atoms with Gasteiger partial charge in [-0.25, -0.2) is 0 Å². The SMILES string of the molecule is C[C@@H]1CC2=C(CC=C2)C[C@@H]1C. The topological polar surface area (TPSA) is 0 Å². The molecule has 0 radical (unpaired) electrons. The van der Waals surface area contributed by atoms with Gasteiger partial charge >= 0.3 is 0 Å². The summed E-state index contributed by atoms with van der Waals surface area (Å²) in [6, 6.07) is 0. The summed E-state index contributed by atoms with van der Waals surface area (Å²) in [7, 11) is 0. The van der Waals surface area contributed by atoms with Gasteiger partial charge in [-0.2, -0.15) is 0 Å². The summed E-state index contributed by atoms with van der Waals surface area (Å²) >= 11 is 0. The average molecular weight is 148 g/mol. The molecule has 0 bridgehead atoms. The van der Waals surface area contributed by atoms with Crippen LogP contribution in [0.2, 0.25) is 0 Å². The van der Waals surface area contributed by atoms with Gasteiger partial charge in [0.2, 0.25) is 0 Å². The zero-order valence-electron chi connectivity index (χ0n) is 7.43. The predicted octanol–water partition coefficient (Wildman–Crippen LogP) is 3.31. The van der Waals surface area contributed by atoms with Crippen LogP contribution in [0.25, 0.3) is 0 Å². The first-order valence-corrected chi connectivity index (χ1v) is 4.65. The molecule has 0 amide bonds. The molecule has 0 saturated carbocycles. The lowest BCUT2D eigenvalue weighted by atomic mass is 9.79. The molecule has 0 aliphatic heterocycles. The largest absolute Gasteiger partial charge is 0.0802 e. The highest BCUT2D eigenvalue weighted by Crippen LogP contribution is 2.38. The molecule has 2 atom stereocenters. The fourth-order valence-corrected chi connectivity index (χ4v) is 2.16. The molecule has 2 aliphatic rings. The van der Waals surface area contributed by atoms with Crippen LogP contribution in [0.5, 0.6) is 0 Å². The van der Waals surface area contributed by atoms with Crippen LogP contribution in [0, 0.1) is 11.8 Å². The minimum Gasteiger partial charge on any atom is -0.0802 e. The monoisotopic (exact) mass is 148 g/mol. The Bertz CT molecular complexity index is 220. The van der Waals surface area contributed by atoms with Gasteiger partial charge in [-0.15, -0.1) is 0 Å². The van der Waals surface area contributed by atoms with E-state index in [-0.39, 0.29) is 0 Å². The van der Waals surface area contributed by atoms with Crippen LogP contribution in [0.15, 0.2) is 23.3 Å². The van der Waals surface area contributed by atoms with Crippen LogP contribution in [0.1, 0.15) is 33.1 Å². The lowest BCUT2D eigenvalue weighted by Crippen LogP contribution is -2.14. The van der Waals surface area contributed by atoms with Gasteiger partial charge in [0.1, 0.15) is 0 Å². The van der Waals surface area contributed by atoms with Gasteiger partial charge in [0.15, 0.2) is 0 Å². The minimum absolute atomic E-state index is 0.900. The van der Waals surface area contributed by atoms with Crippen LogP contribution in [0.4, 0.5) is 0 Å². The molecule has 11 heavy (non-hydrogen) atoms. The molecule has 0 aromatic heterocycles. The Morgan fingerprint density at radius 1 is 1.18 bits per heavy atom. The van der Waals surface area contributed by atoms with Gasteiger partial charge < -0.3 is 0 Å². The molecule has 0 unspecified atom stereocenters. The van der Waals surface area contributed by atoms with E-state index in [0.717, 1.165) is 11.8 Å². The van der Waals surface area contributed by atoms with Gasteiger partial charge in [-0.1, -0.05) is 31.6 Å². The quantitative estimate of drug-likeness (QED) is 0.494. The van der Waals surface area contributed by atoms with Crippen molar-refractivity contribution in [2.45, 2.75) is 33.1 Å². The Morgan fingerprint density at radius 2 is 1.91 bits per heavy atom. The van der Waals surface area contributed by atoms with Crippen molar-refractivity contribution in [1.29, 1.82) is 0 Å². The van der Waals surface area contributed by atoms with E-state index in [1.807, 2.05) is 0 Å². The Kier molecular flexibility index (Phi) is 1.63. The summed E-state index contributed by atoms with van der Waals surface area (Å²) in [6.45, 7) is 4.76. The first-order valence-electron chi connectivity index (χ1n) is 4.65. The Hall–Kier alpha value is -0.520. The van der Waals surface area contributed by atoms with Gasteiger partial charge in [-0.3, -0.25) is 0 Å². The molecule has 0 saturated heterocycles. The van der Waals surface area contributed by atoms with E-state index in [1.165, 1.54) is 19.3 Å². The maximum atomic E-state index is 2.38. The van der Waals surface area contributed by atoms with Crippen LogP contribution in [0.3, 0.4) is 0 Å². The lowest BCUT2D eigenvalue weighted by Gasteiger charge is -2.27. The Balaban J connectivity index is 2.20. The van der Waals surface area contributed by atoms with Crippen LogP contribution < -0.4 is 0 Å². The van der Waals surface area contributed by atoms with Gasteiger partial charge in [0, 0.05) is 0 Å².